The largest absolute Gasteiger partial charge is 0.326 e. The lowest BCUT2D eigenvalue weighted by Gasteiger charge is -2.25. The fourth-order valence-electron chi connectivity index (χ4n) is 1.99. The molecule has 0 aliphatic carbocycles. The topological polar surface area (TPSA) is 75.4 Å². The number of benzene rings is 1. The van der Waals surface area contributed by atoms with Gasteiger partial charge in [0, 0.05) is 19.1 Å². The first kappa shape index (κ1) is 18.0. The van der Waals surface area contributed by atoms with Crippen LogP contribution in [-0.4, -0.2) is 40.0 Å². The van der Waals surface area contributed by atoms with Crippen molar-refractivity contribution in [1.82, 2.24) is 9.62 Å². The van der Waals surface area contributed by atoms with Gasteiger partial charge in [0.25, 0.3) is 0 Å². The molecule has 0 aliphatic heterocycles. The molecule has 21 heavy (non-hydrogen) atoms. The molecule has 0 aliphatic rings. The van der Waals surface area contributed by atoms with E-state index in [0.29, 0.717) is 12.1 Å². The Morgan fingerprint density at radius 3 is 2.43 bits per heavy atom. The maximum Gasteiger partial charge on any atom is 0.241 e. The second kappa shape index (κ2) is 7.31. The van der Waals surface area contributed by atoms with Crippen LogP contribution in [0.3, 0.4) is 0 Å². The van der Waals surface area contributed by atoms with Crippen LogP contribution >= 0.6 is 0 Å². The van der Waals surface area contributed by atoms with Crippen molar-refractivity contribution in [2.75, 3.05) is 20.6 Å². The number of likely N-dealkylation sites (N-methyl/N-ethyl adjacent to an activating group) is 1. The average Bonchev–Trinajstić information content (AvgIpc) is 2.37. The summed E-state index contributed by atoms with van der Waals surface area (Å²) in [4.78, 5) is 1.82. The number of hydrogen-bond donors (Lipinski definition) is 2. The summed E-state index contributed by atoms with van der Waals surface area (Å²) in [6, 6.07) is 3.36. The third-order valence-electron chi connectivity index (χ3n) is 3.21. The van der Waals surface area contributed by atoms with Gasteiger partial charge in [-0.15, -0.1) is 0 Å². The number of hydrogen-bond acceptors (Lipinski definition) is 4. The van der Waals surface area contributed by atoms with Crippen LogP contribution in [0.1, 0.15) is 19.4 Å². The Hall–Kier alpha value is -1.02. The summed E-state index contributed by atoms with van der Waals surface area (Å²) < 4.78 is 41.0. The summed E-state index contributed by atoms with van der Waals surface area (Å²) in [5.41, 5.74) is 5.95. The molecule has 0 saturated heterocycles. The van der Waals surface area contributed by atoms with Gasteiger partial charge < -0.3 is 10.6 Å². The van der Waals surface area contributed by atoms with E-state index in [1.54, 1.807) is 0 Å². The molecular weight excluding hydrogens is 293 g/mol. The van der Waals surface area contributed by atoms with E-state index in [4.69, 9.17) is 5.73 Å². The number of sulfonamides is 1. The zero-order valence-corrected chi connectivity index (χ0v) is 13.7. The number of halogens is 1. The van der Waals surface area contributed by atoms with E-state index >= 15 is 0 Å². The first-order chi connectivity index (χ1) is 9.67. The Bertz CT molecular complexity index is 574. The zero-order valence-electron chi connectivity index (χ0n) is 12.9. The van der Waals surface area contributed by atoms with Gasteiger partial charge in [0.15, 0.2) is 0 Å². The van der Waals surface area contributed by atoms with E-state index in [1.807, 2.05) is 32.8 Å². The molecule has 120 valence electrons. The van der Waals surface area contributed by atoms with Crippen LogP contribution in [0, 0.1) is 11.7 Å². The molecule has 0 radical (unpaired) electrons. The van der Waals surface area contributed by atoms with Gasteiger partial charge in [-0.2, -0.15) is 0 Å². The monoisotopic (exact) mass is 317 g/mol. The van der Waals surface area contributed by atoms with Gasteiger partial charge >= 0.3 is 0 Å². The molecule has 1 aromatic carbocycles. The van der Waals surface area contributed by atoms with Crippen molar-refractivity contribution in [3.8, 4) is 0 Å². The standard InChI is InChI=1S/C14H24FN3O2S/c1-10(2)13(9-18(3)4)17-21(19,20)14-7-12(15)6-5-11(14)8-16/h5-7,10,13,17H,8-9,16H2,1-4H3. The molecule has 0 bridgehead atoms. The third kappa shape index (κ3) is 5.03. The Morgan fingerprint density at radius 1 is 1.33 bits per heavy atom. The van der Waals surface area contributed by atoms with E-state index in [1.165, 1.54) is 12.1 Å². The minimum atomic E-state index is -3.81. The molecule has 1 unspecified atom stereocenters. The van der Waals surface area contributed by atoms with Crippen molar-refractivity contribution in [3.63, 3.8) is 0 Å². The lowest BCUT2D eigenvalue weighted by atomic mass is 10.1. The van der Waals surface area contributed by atoms with E-state index in [0.717, 1.165) is 6.07 Å². The summed E-state index contributed by atoms with van der Waals surface area (Å²) in [6.45, 7) is 4.47. The van der Waals surface area contributed by atoms with E-state index < -0.39 is 15.8 Å². The van der Waals surface area contributed by atoms with E-state index in [-0.39, 0.29) is 23.4 Å². The summed E-state index contributed by atoms with van der Waals surface area (Å²) in [5.74, 6) is -0.488. The smallest absolute Gasteiger partial charge is 0.241 e. The van der Waals surface area contributed by atoms with Crippen LogP contribution in [-0.2, 0) is 16.6 Å². The van der Waals surface area contributed by atoms with Crippen LogP contribution in [0.4, 0.5) is 4.39 Å². The van der Waals surface area contributed by atoms with Crippen LogP contribution in [0.5, 0.6) is 0 Å². The van der Waals surface area contributed by atoms with Gasteiger partial charge in [-0.3, -0.25) is 0 Å². The van der Waals surface area contributed by atoms with Crippen molar-refractivity contribution >= 4 is 10.0 Å². The van der Waals surface area contributed by atoms with Crippen LogP contribution < -0.4 is 10.5 Å². The Morgan fingerprint density at radius 2 is 1.95 bits per heavy atom. The fraction of sp³-hybridized carbons (Fsp3) is 0.571. The second-order valence-corrected chi connectivity index (χ2v) is 7.37. The maximum atomic E-state index is 13.4. The average molecular weight is 317 g/mol. The number of nitrogens with two attached hydrogens (primary N) is 1. The van der Waals surface area contributed by atoms with Gasteiger partial charge in [-0.1, -0.05) is 19.9 Å². The summed E-state index contributed by atoms with van der Waals surface area (Å²) in [6.07, 6.45) is 0. The van der Waals surface area contributed by atoms with Gasteiger partial charge in [-0.05, 0) is 37.7 Å². The Balaban J connectivity index is 3.13. The lowest BCUT2D eigenvalue weighted by molar-refractivity contribution is 0.314. The number of rotatable bonds is 7. The molecule has 5 nitrogen and oxygen atoms in total. The molecule has 0 spiro atoms. The summed E-state index contributed by atoms with van der Waals surface area (Å²) in [5, 5.41) is 0. The minimum Gasteiger partial charge on any atom is -0.326 e. The minimum absolute atomic E-state index is 0.0382. The van der Waals surface area contributed by atoms with Crippen LogP contribution in [0.2, 0.25) is 0 Å². The van der Waals surface area contributed by atoms with E-state index in [9.17, 15) is 12.8 Å². The summed E-state index contributed by atoms with van der Waals surface area (Å²) >= 11 is 0. The molecule has 0 fully saturated rings. The van der Waals surface area contributed by atoms with Crippen molar-refractivity contribution in [2.45, 2.75) is 31.3 Å². The number of nitrogens with zero attached hydrogens (tertiary/aromatic N) is 1. The molecule has 7 heteroatoms. The quantitative estimate of drug-likeness (QED) is 0.791. The van der Waals surface area contributed by atoms with E-state index in [2.05, 4.69) is 4.72 Å². The first-order valence-corrected chi connectivity index (χ1v) is 8.31. The molecular formula is C14H24FN3O2S. The van der Waals surface area contributed by atoms with Crippen molar-refractivity contribution in [2.24, 2.45) is 11.7 Å². The Kier molecular flexibility index (Phi) is 6.27. The highest BCUT2D eigenvalue weighted by atomic mass is 32.2. The molecule has 0 aromatic heterocycles. The molecule has 0 amide bonds. The highest BCUT2D eigenvalue weighted by Crippen LogP contribution is 2.18. The molecule has 3 N–H and O–H groups in total. The predicted molar refractivity (Wildman–Crippen MR) is 81.8 cm³/mol. The maximum absolute atomic E-state index is 13.4. The molecule has 1 atom stereocenters. The molecule has 1 aromatic rings. The van der Waals surface area contributed by atoms with Crippen molar-refractivity contribution < 1.29 is 12.8 Å². The normalized spacial score (nSPS) is 13.9. The van der Waals surface area contributed by atoms with Crippen molar-refractivity contribution in [1.29, 1.82) is 0 Å². The molecule has 1 rings (SSSR count). The van der Waals surface area contributed by atoms with Crippen LogP contribution in [0.15, 0.2) is 23.1 Å². The van der Waals surface area contributed by atoms with Gasteiger partial charge in [0.05, 0.1) is 4.90 Å². The van der Waals surface area contributed by atoms with Crippen molar-refractivity contribution in [3.05, 3.63) is 29.6 Å². The van der Waals surface area contributed by atoms with Gasteiger partial charge in [-0.25, -0.2) is 17.5 Å². The summed E-state index contributed by atoms with van der Waals surface area (Å²) in [7, 11) is -0.0677. The molecule has 0 heterocycles. The Labute approximate surface area is 126 Å². The lowest BCUT2D eigenvalue weighted by Crippen LogP contribution is -2.45. The highest BCUT2D eigenvalue weighted by molar-refractivity contribution is 7.89. The van der Waals surface area contributed by atoms with Gasteiger partial charge in [0.2, 0.25) is 10.0 Å². The molecule has 0 saturated carbocycles. The number of nitrogens with one attached hydrogen (secondary N) is 1. The van der Waals surface area contributed by atoms with Crippen LogP contribution in [0.25, 0.3) is 0 Å². The SMILES string of the molecule is CC(C)C(CN(C)C)NS(=O)(=O)c1cc(F)ccc1CN. The third-order valence-corrected chi connectivity index (χ3v) is 4.78. The first-order valence-electron chi connectivity index (χ1n) is 6.83. The fourth-order valence-corrected chi connectivity index (χ4v) is 3.62. The van der Waals surface area contributed by atoms with Gasteiger partial charge in [0.1, 0.15) is 5.82 Å². The highest BCUT2D eigenvalue weighted by Gasteiger charge is 2.25. The second-order valence-electron chi connectivity index (χ2n) is 5.69. The predicted octanol–water partition coefficient (Wildman–Crippen LogP) is 1.15. The zero-order chi connectivity index (χ0) is 16.2.